The monoisotopic (exact) mass is 386 g/mol. The van der Waals surface area contributed by atoms with Crippen molar-refractivity contribution in [1.82, 2.24) is 29.5 Å². The Morgan fingerprint density at radius 2 is 1.90 bits per heavy atom. The molecule has 0 aliphatic carbocycles. The highest BCUT2D eigenvalue weighted by molar-refractivity contribution is 5.87. The number of carbonyl (C=O) groups is 1. The van der Waals surface area contributed by atoms with E-state index < -0.39 is 5.97 Å². The van der Waals surface area contributed by atoms with E-state index in [1.54, 1.807) is 4.68 Å². The summed E-state index contributed by atoms with van der Waals surface area (Å²) >= 11 is 0. The summed E-state index contributed by atoms with van der Waals surface area (Å²) in [6.45, 7) is 0.417. The van der Waals surface area contributed by atoms with Crippen LogP contribution in [0.3, 0.4) is 0 Å². The molecule has 0 unspecified atom stereocenters. The molecule has 0 spiro atoms. The summed E-state index contributed by atoms with van der Waals surface area (Å²) in [5, 5.41) is 19.5. The van der Waals surface area contributed by atoms with Gasteiger partial charge in [-0.2, -0.15) is 10.2 Å². The summed E-state index contributed by atoms with van der Waals surface area (Å²) in [4.78, 5) is 30.8. The molecule has 0 fully saturated rings. The molecule has 9 heteroatoms. The number of H-pyrrole nitrogens is 1. The van der Waals surface area contributed by atoms with E-state index in [-0.39, 0.29) is 17.1 Å². The molecule has 2 aromatic carbocycles. The number of benzene rings is 2. The fraction of sp³-hybridized carbons (Fsp3) is 0.0500. The van der Waals surface area contributed by atoms with Gasteiger partial charge in [0.1, 0.15) is 5.52 Å². The largest absolute Gasteiger partial charge is 0.478 e. The lowest BCUT2D eigenvalue weighted by atomic mass is 10.0. The van der Waals surface area contributed by atoms with E-state index in [1.165, 1.54) is 23.3 Å². The van der Waals surface area contributed by atoms with Gasteiger partial charge in [0.25, 0.3) is 5.56 Å². The van der Waals surface area contributed by atoms with Crippen molar-refractivity contribution < 1.29 is 9.90 Å². The topological polar surface area (TPSA) is 119 Å². The zero-order valence-electron chi connectivity index (χ0n) is 15.0. The Hall–Kier alpha value is -4.27. The Labute approximate surface area is 162 Å². The minimum absolute atomic E-state index is 0.000559. The van der Waals surface area contributed by atoms with E-state index in [2.05, 4.69) is 20.2 Å². The van der Waals surface area contributed by atoms with E-state index in [1.807, 2.05) is 42.5 Å². The van der Waals surface area contributed by atoms with Crippen molar-refractivity contribution in [2.24, 2.45) is 0 Å². The van der Waals surface area contributed by atoms with Crippen LogP contribution in [-0.2, 0) is 6.54 Å². The molecule has 0 aliphatic rings. The number of aromatic nitrogens is 6. The van der Waals surface area contributed by atoms with Gasteiger partial charge in [-0.3, -0.25) is 14.5 Å². The van der Waals surface area contributed by atoms with E-state index in [0.29, 0.717) is 17.6 Å². The lowest BCUT2D eigenvalue weighted by Gasteiger charge is -2.08. The predicted octanol–water partition coefficient (Wildman–Crippen LogP) is 2.21. The highest BCUT2D eigenvalue weighted by Gasteiger charge is 2.14. The summed E-state index contributed by atoms with van der Waals surface area (Å²) in [7, 11) is 0. The van der Waals surface area contributed by atoms with E-state index in [0.717, 1.165) is 16.3 Å². The third-order valence-corrected chi connectivity index (χ3v) is 4.73. The number of rotatable bonds is 4. The van der Waals surface area contributed by atoms with Crippen molar-refractivity contribution in [3.8, 4) is 5.95 Å². The molecule has 0 bridgehead atoms. The highest BCUT2D eigenvalue weighted by atomic mass is 16.4. The van der Waals surface area contributed by atoms with E-state index in [9.17, 15) is 9.59 Å². The van der Waals surface area contributed by atoms with Crippen molar-refractivity contribution in [2.45, 2.75) is 6.54 Å². The predicted molar refractivity (Wildman–Crippen MR) is 105 cm³/mol. The van der Waals surface area contributed by atoms with Crippen LogP contribution in [0, 0.1) is 0 Å². The molecule has 29 heavy (non-hydrogen) atoms. The summed E-state index contributed by atoms with van der Waals surface area (Å²) in [6, 6.07) is 14.0. The maximum atomic E-state index is 12.7. The van der Waals surface area contributed by atoms with Gasteiger partial charge in [-0.05, 0) is 16.3 Å². The molecule has 0 aliphatic heterocycles. The number of hydrogen-bond donors (Lipinski definition) is 2. The molecule has 0 saturated heterocycles. The maximum Gasteiger partial charge on any atom is 0.338 e. The van der Waals surface area contributed by atoms with Crippen molar-refractivity contribution in [3.05, 3.63) is 82.5 Å². The van der Waals surface area contributed by atoms with Gasteiger partial charge in [-0.15, -0.1) is 0 Å². The Bertz CT molecular complexity index is 1440. The number of carboxylic acid groups (broad SMARTS) is 1. The molecule has 0 saturated carbocycles. The van der Waals surface area contributed by atoms with Gasteiger partial charge in [0.15, 0.2) is 5.52 Å². The second kappa shape index (κ2) is 6.41. The molecule has 3 heterocycles. The number of hydrogen-bond acceptors (Lipinski definition) is 5. The first-order valence-electron chi connectivity index (χ1n) is 8.81. The lowest BCUT2D eigenvalue weighted by molar-refractivity contribution is 0.0697. The van der Waals surface area contributed by atoms with Crippen molar-refractivity contribution in [2.75, 3.05) is 0 Å². The Balaban J connectivity index is 1.58. The molecule has 0 radical (unpaired) electrons. The highest BCUT2D eigenvalue weighted by Crippen LogP contribution is 2.20. The first kappa shape index (κ1) is 16.9. The number of nitrogens with one attached hydrogen (secondary N) is 1. The van der Waals surface area contributed by atoms with Gasteiger partial charge >= 0.3 is 5.97 Å². The van der Waals surface area contributed by atoms with Crippen LogP contribution in [-0.4, -0.2) is 40.6 Å². The van der Waals surface area contributed by atoms with Crippen LogP contribution in [0.15, 0.2) is 65.8 Å². The number of aromatic carboxylic acids is 1. The zero-order valence-corrected chi connectivity index (χ0v) is 15.0. The van der Waals surface area contributed by atoms with Crippen LogP contribution in [0.1, 0.15) is 15.9 Å². The molecule has 5 aromatic rings. The molecule has 0 amide bonds. The average Bonchev–Trinajstić information content (AvgIpc) is 3.36. The SMILES string of the molecule is O=C(O)c1cnn(-c2nc3cnn(Cc4cccc5ccccc45)c3c(=O)[nH]2)c1. The van der Waals surface area contributed by atoms with Gasteiger partial charge in [0.05, 0.1) is 24.5 Å². The quantitative estimate of drug-likeness (QED) is 0.489. The fourth-order valence-electron chi connectivity index (χ4n) is 3.36. The summed E-state index contributed by atoms with van der Waals surface area (Å²) in [6.07, 6.45) is 3.99. The summed E-state index contributed by atoms with van der Waals surface area (Å²) in [5.74, 6) is -0.984. The van der Waals surface area contributed by atoms with E-state index >= 15 is 0 Å². The van der Waals surface area contributed by atoms with E-state index in [4.69, 9.17) is 5.11 Å². The Morgan fingerprint density at radius 3 is 2.72 bits per heavy atom. The second-order valence-electron chi connectivity index (χ2n) is 6.54. The van der Waals surface area contributed by atoms with Crippen LogP contribution in [0.4, 0.5) is 0 Å². The van der Waals surface area contributed by atoms with Crippen LogP contribution in [0.2, 0.25) is 0 Å². The van der Waals surface area contributed by atoms with Crippen LogP contribution in [0.25, 0.3) is 27.8 Å². The molecule has 142 valence electrons. The van der Waals surface area contributed by atoms with Gasteiger partial charge in [-0.25, -0.2) is 14.5 Å². The molecule has 5 rings (SSSR count). The molecule has 9 nitrogen and oxygen atoms in total. The first-order valence-corrected chi connectivity index (χ1v) is 8.81. The lowest BCUT2D eigenvalue weighted by Crippen LogP contribution is -2.17. The summed E-state index contributed by atoms with van der Waals surface area (Å²) in [5.41, 5.74) is 1.40. The summed E-state index contributed by atoms with van der Waals surface area (Å²) < 4.78 is 2.82. The standard InChI is InChI=1S/C20H14N6O3/c27-18-17-16(23-20(24-18)26-11-14(8-21-26)19(28)29)9-22-25(17)10-13-6-3-5-12-4-1-2-7-15(12)13/h1-9,11H,10H2,(H,28,29)(H,23,24,27). The van der Waals surface area contributed by atoms with Gasteiger partial charge in [0.2, 0.25) is 5.95 Å². The second-order valence-corrected chi connectivity index (χ2v) is 6.54. The molecule has 3 aromatic heterocycles. The average molecular weight is 386 g/mol. The van der Waals surface area contributed by atoms with Crippen molar-refractivity contribution >= 4 is 27.8 Å². The number of aromatic amines is 1. The third-order valence-electron chi connectivity index (χ3n) is 4.73. The van der Waals surface area contributed by atoms with Gasteiger partial charge in [-0.1, -0.05) is 42.5 Å². The molecular weight excluding hydrogens is 372 g/mol. The van der Waals surface area contributed by atoms with Gasteiger partial charge in [0, 0.05) is 6.20 Å². The first-order chi connectivity index (χ1) is 14.1. The Morgan fingerprint density at radius 1 is 1.07 bits per heavy atom. The molecular formula is C20H14N6O3. The normalized spacial score (nSPS) is 11.3. The van der Waals surface area contributed by atoms with Crippen LogP contribution >= 0.6 is 0 Å². The number of fused-ring (bicyclic) bond motifs is 2. The number of nitrogens with zero attached hydrogens (tertiary/aromatic N) is 5. The minimum atomic E-state index is -1.11. The third kappa shape index (κ3) is 2.85. The fourth-order valence-corrected chi connectivity index (χ4v) is 3.36. The van der Waals surface area contributed by atoms with Crippen molar-refractivity contribution in [1.29, 1.82) is 0 Å². The minimum Gasteiger partial charge on any atom is -0.478 e. The Kier molecular flexibility index (Phi) is 3.73. The number of carboxylic acids is 1. The van der Waals surface area contributed by atoms with Crippen LogP contribution < -0.4 is 5.56 Å². The maximum absolute atomic E-state index is 12.7. The zero-order chi connectivity index (χ0) is 20.0. The smallest absolute Gasteiger partial charge is 0.338 e. The van der Waals surface area contributed by atoms with Crippen LogP contribution in [0.5, 0.6) is 0 Å². The molecule has 2 N–H and O–H groups in total. The molecule has 0 atom stereocenters. The van der Waals surface area contributed by atoms with Gasteiger partial charge < -0.3 is 5.11 Å². The van der Waals surface area contributed by atoms with Crippen molar-refractivity contribution in [3.63, 3.8) is 0 Å².